The third-order valence-corrected chi connectivity index (χ3v) is 4.28. The molecule has 1 aliphatic carbocycles. The van der Waals surface area contributed by atoms with Crippen molar-refractivity contribution in [3.8, 4) is 0 Å². The fourth-order valence-corrected chi connectivity index (χ4v) is 2.93. The molecule has 100 valence electrons. The number of hydrogen-bond acceptors (Lipinski definition) is 3. The highest BCUT2D eigenvalue weighted by Crippen LogP contribution is 2.33. The van der Waals surface area contributed by atoms with E-state index in [1.54, 1.807) is 0 Å². The lowest BCUT2D eigenvalue weighted by molar-refractivity contribution is 0.248. The number of aromatic nitrogens is 2. The van der Waals surface area contributed by atoms with E-state index in [9.17, 15) is 0 Å². The van der Waals surface area contributed by atoms with Crippen LogP contribution in [0, 0.1) is 12.8 Å². The summed E-state index contributed by atoms with van der Waals surface area (Å²) in [6.07, 6.45) is 8.14. The molecule has 1 saturated heterocycles. The van der Waals surface area contributed by atoms with E-state index < -0.39 is 0 Å². The minimum absolute atomic E-state index is 0.747. The Labute approximate surface area is 109 Å². The molecule has 1 aliphatic heterocycles. The summed E-state index contributed by atoms with van der Waals surface area (Å²) >= 11 is 0. The molecule has 1 aromatic rings. The van der Waals surface area contributed by atoms with E-state index in [1.165, 1.54) is 38.9 Å². The summed E-state index contributed by atoms with van der Waals surface area (Å²) in [5.41, 5.74) is 0. The molecule has 0 radical (unpaired) electrons. The summed E-state index contributed by atoms with van der Waals surface area (Å²) in [5, 5.41) is 3.72. The molecule has 1 saturated carbocycles. The van der Waals surface area contributed by atoms with Gasteiger partial charge >= 0.3 is 0 Å². The van der Waals surface area contributed by atoms with Crippen LogP contribution in [0.4, 0.5) is 0 Å². The van der Waals surface area contributed by atoms with E-state index in [0.29, 0.717) is 0 Å². The lowest BCUT2D eigenvalue weighted by Gasteiger charge is -2.24. The number of hydrogen-bond donors (Lipinski definition) is 1. The van der Waals surface area contributed by atoms with E-state index in [0.717, 1.165) is 30.9 Å². The van der Waals surface area contributed by atoms with Crippen LogP contribution in [-0.4, -0.2) is 46.7 Å². The molecule has 0 amide bonds. The zero-order chi connectivity index (χ0) is 12.4. The van der Waals surface area contributed by atoms with Gasteiger partial charge in [-0.05, 0) is 45.2 Å². The molecule has 2 aliphatic rings. The molecule has 3 rings (SSSR count). The third-order valence-electron chi connectivity index (χ3n) is 4.28. The van der Waals surface area contributed by atoms with Crippen LogP contribution in [-0.2, 0) is 6.54 Å². The third kappa shape index (κ3) is 2.93. The van der Waals surface area contributed by atoms with Crippen molar-refractivity contribution in [2.45, 2.75) is 38.8 Å². The van der Waals surface area contributed by atoms with Crippen LogP contribution in [0.5, 0.6) is 0 Å². The smallest absolute Gasteiger partial charge is 0.105 e. The highest BCUT2D eigenvalue weighted by Gasteiger charge is 2.32. The second-order valence-electron chi connectivity index (χ2n) is 5.72. The predicted molar refractivity (Wildman–Crippen MR) is 72.5 cm³/mol. The van der Waals surface area contributed by atoms with Gasteiger partial charge in [-0.25, -0.2) is 4.98 Å². The monoisotopic (exact) mass is 248 g/mol. The van der Waals surface area contributed by atoms with Crippen LogP contribution >= 0.6 is 0 Å². The number of imidazole rings is 1. The second-order valence-corrected chi connectivity index (χ2v) is 5.72. The Bertz CT molecular complexity index is 383. The van der Waals surface area contributed by atoms with Gasteiger partial charge in [-0.1, -0.05) is 0 Å². The standard InChI is InChI=1S/C14H24N4/c1-12-15-6-8-18(12)10-9-17-7-2-5-16-14(11-17)13-3-4-13/h6,8,13-14,16H,2-5,7,9-11H2,1H3. The molecular formula is C14H24N4. The van der Waals surface area contributed by atoms with Crippen molar-refractivity contribution in [2.75, 3.05) is 26.2 Å². The topological polar surface area (TPSA) is 33.1 Å². The summed E-state index contributed by atoms with van der Waals surface area (Å²) in [6.45, 7) is 7.98. The summed E-state index contributed by atoms with van der Waals surface area (Å²) in [4.78, 5) is 6.91. The zero-order valence-corrected chi connectivity index (χ0v) is 11.3. The summed E-state index contributed by atoms with van der Waals surface area (Å²) < 4.78 is 2.25. The van der Waals surface area contributed by atoms with Crippen molar-refractivity contribution >= 4 is 0 Å². The van der Waals surface area contributed by atoms with Gasteiger partial charge in [0, 0.05) is 38.1 Å². The minimum Gasteiger partial charge on any atom is -0.334 e. The van der Waals surface area contributed by atoms with Gasteiger partial charge in [0.1, 0.15) is 5.82 Å². The molecule has 1 unspecified atom stereocenters. The Morgan fingerprint density at radius 2 is 2.28 bits per heavy atom. The molecule has 1 atom stereocenters. The molecule has 0 aromatic carbocycles. The van der Waals surface area contributed by atoms with Crippen molar-refractivity contribution in [3.05, 3.63) is 18.2 Å². The van der Waals surface area contributed by atoms with Gasteiger partial charge in [-0.15, -0.1) is 0 Å². The SMILES string of the molecule is Cc1nccn1CCN1CCCNC(C2CC2)C1. The van der Waals surface area contributed by atoms with Gasteiger partial charge in [0.2, 0.25) is 0 Å². The van der Waals surface area contributed by atoms with Crippen LogP contribution in [0.25, 0.3) is 0 Å². The van der Waals surface area contributed by atoms with Crippen molar-refractivity contribution in [1.29, 1.82) is 0 Å². The van der Waals surface area contributed by atoms with Crippen molar-refractivity contribution < 1.29 is 0 Å². The molecule has 1 N–H and O–H groups in total. The fourth-order valence-electron chi connectivity index (χ4n) is 2.93. The van der Waals surface area contributed by atoms with Gasteiger partial charge in [-0.3, -0.25) is 4.90 Å². The van der Waals surface area contributed by atoms with E-state index in [2.05, 4.69) is 32.9 Å². The highest BCUT2D eigenvalue weighted by molar-refractivity contribution is 4.91. The quantitative estimate of drug-likeness (QED) is 0.871. The average Bonchev–Trinajstić information content (AvgIpc) is 3.15. The lowest BCUT2D eigenvalue weighted by atomic mass is 10.2. The van der Waals surface area contributed by atoms with Gasteiger partial charge in [-0.2, -0.15) is 0 Å². The molecule has 4 heteroatoms. The zero-order valence-electron chi connectivity index (χ0n) is 11.3. The maximum Gasteiger partial charge on any atom is 0.105 e. The molecule has 18 heavy (non-hydrogen) atoms. The average molecular weight is 248 g/mol. The van der Waals surface area contributed by atoms with E-state index in [1.807, 2.05) is 6.20 Å². The maximum atomic E-state index is 4.28. The first-order valence-corrected chi connectivity index (χ1v) is 7.26. The Morgan fingerprint density at radius 1 is 1.39 bits per heavy atom. The van der Waals surface area contributed by atoms with Crippen LogP contribution in [0.1, 0.15) is 25.1 Å². The predicted octanol–water partition coefficient (Wildman–Crippen LogP) is 1.27. The van der Waals surface area contributed by atoms with Gasteiger partial charge in [0.05, 0.1) is 0 Å². The van der Waals surface area contributed by atoms with Crippen LogP contribution in [0.3, 0.4) is 0 Å². The normalized spacial score (nSPS) is 26.2. The van der Waals surface area contributed by atoms with Crippen LogP contribution in [0.15, 0.2) is 12.4 Å². The maximum absolute atomic E-state index is 4.28. The van der Waals surface area contributed by atoms with E-state index >= 15 is 0 Å². The van der Waals surface area contributed by atoms with Gasteiger partial charge < -0.3 is 9.88 Å². The van der Waals surface area contributed by atoms with Gasteiger partial charge in [0.15, 0.2) is 0 Å². The molecular weight excluding hydrogens is 224 g/mol. The number of nitrogens with one attached hydrogen (secondary N) is 1. The Kier molecular flexibility index (Phi) is 3.66. The Balaban J connectivity index is 1.52. The number of rotatable bonds is 4. The summed E-state index contributed by atoms with van der Waals surface area (Å²) in [5.74, 6) is 2.09. The molecule has 2 heterocycles. The molecule has 1 aromatic heterocycles. The Hall–Kier alpha value is -0.870. The van der Waals surface area contributed by atoms with Crippen LogP contribution in [0.2, 0.25) is 0 Å². The molecule has 0 bridgehead atoms. The summed E-state index contributed by atoms with van der Waals surface area (Å²) in [6, 6.07) is 0.747. The molecule has 0 spiro atoms. The number of nitrogens with zero attached hydrogens (tertiary/aromatic N) is 3. The van der Waals surface area contributed by atoms with E-state index in [4.69, 9.17) is 0 Å². The van der Waals surface area contributed by atoms with E-state index in [-0.39, 0.29) is 0 Å². The van der Waals surface area contributed by atoms with Crippen LogP contribution < -0.4 is 5.32 Å². The lowest BCUT2D eigenvalue weighted by Crippen LogP contribution is -2.40. The van der Waals surface area contributed by atoms with Crippen molar-refractivity contribution in [2.24, 2.45) is 5.92 Å². The molecule has 2 fully saturated rings. The van der Waals surface area contributed by atoms with Gasteiger partial charge in [0.25, 0.3) is 0 Å². The fraction of sp³-hybridized carbons (Fsp3) is 0.786. The van der Waals surface area contributed by atoms with Crippen molar-refractivity contribution in [1.82, 2.24) is 19.8 Å². The second kappa shape index (κ2) is 5.41. The first-order chi connectivity index (χ1) is 8.83. The molecule has 4 nitrogen and oxygen atoms in total. The Morgan fingerprint density at radius 3 is 3.00 bits per heavy atom. The highest BCUT2D eigenvalue weighted by atomic mass is 15.2. The first-order valence-electron chi connectivity index (χ1n) is 7.26. The number of aryl methyl sites for hydroxylation is 1. The minimum atomic E-state index is 0.747. The summed E-state index contributed by atoms with van der Waals surface area (Å²) in [7, 11) is 0. The van der Waals surface area contributed by atoms with Crippen molar-refractivity contribution in [3.63, 3.8) is 0 Å². The first kappa shape index (κ1) is 12.2. The largest absolute Gasteiger partial charge is 0.334 e.